The Labute approximate surface area is 132 Å². The number of carbonyl (C=O) groups excluding carboxylic acids is 2. The minimum Gasteiger partial charge on any atom is -0.391 e. The summed E-state index contributed by atoms with van der Waals surface area (Å²) < 4.78 is 24.2. The maximum Gasteiger partial charge on any atom is 0.266 e. The van der Waals surface area contributed by atoms with E-state index in [4.69, 9.17) is 20.4 Å². The zero-order valence-corrected chi connectivity index (χ0v) is 12.8. The third kappa shape index (κ3) is 4.56. The Morgan fingerprint density at radius 3 is 2.13 bits per heavy atom. The van der Waals surface area contributed by atoms with Crippen LogP contribution in [0.15, 0.2) is 29.2 Å². The van der Waals surface area contributed by atoms with Gasteiger partial charge in [-0.05, 0) is 19.1 Å². The third-order valence-corrected chi connectivity index (χ3v) is 4.37. The molecule has 0 saturated heterocycles. The minimum absolute atomic E-state index is 0.0648. The molecule has 0 aromatic heterocycles. The molecular weight excluding hydrogens is 330 g/mol. The number of sulfonamides is 1. The largest absolute Gasteiger partial charge is 0.391 e. The molecule has 5 N–H and O–H groups in total. The van der Waals surface area contributed by atoms with E-state index in [1.807, 2.05) is 4.72 Å². The number of amides is 1. The lowest BCUT2D eigenvalue weighted by Gasteiger charge is -2.21. The van der Waals surface area contributed by atoms with Crippen molar-refractivity contribution in [3.05, 3.63) is 29.8 Å². The van der Waals surface area contributed by atoms with Gasteiger partial charge in [-0.3, -0.25) is 4.79 Å². The first-order valence-electron chi connectivity index (χ1n) is 6.45. The molecule has 0 bridgehead atoms. The van der Waals surface area contributed by atoms with Gasteiger partial charge in [0.1, 0.15) is 23.2 Å². The maximum atomic E-state index is 11.1. The van der Waals surface area contributed by atoms with E-state index in [1.54, 1.807) is 12.1 Å². The first kappa shape index (κ1) is 19.2. The second-order valence-electron chi connectivity index (χ2n) is 4.78. The molecule has 0 aliphatic carbocycles. The summed E-state index contributed by atoms with van der Waals surface area (Å²) in [6, 6.07) is 6.09. The van der Waals surface area contributed by atoms with Crippen LogP contribution in [0.4, 0.5) is 0 Å². The van der Waals surface area contributed by atoms with Crippen molar-refractivity contribution in [2.75, 3.05) is 0 Å². The molecule has 2 rings (SSSR count). The third-order valence-electron chi connectivity index (χ3n) is 2.98. The first-order chi connectivity index (χ1) is 10.6. The van der Waals surface area contributed by atoms with Crippen molar-refractivity contribution in [1.29, 1.82) is 0 Å². The number of fused-ring (bicyclic) bond motifs is 1. The molecule has 4 atom stereocenters. The molecular formula is C13H17NO8S. The van der Waals surface area contributed by atoms with Crippen LogP contribution in [0.1, 0.15) is 17.3 Å². The number of carbonyl (C=O) groups is 2. The molecule has 0 saturated carbocycles. The number of aliphatic hydroxyl groups is 4. The maximum absolute atomic E-state index is 11.1. The summed E-state index contributed by atoms with van der Waals surface area (Å²) in [5.74, 6) is -0.550. The Morgan fingerprint density at radius 2 is 1.65 bits per heavy atom. The summed E-state index contributed by atoms with van der Waals surface area (Å²) in [7, 11) is -3.55. The summed E-state index contributed by atoms with van der Waals surface area (Å²) in [5, 5.41) is 35.1. The average molecular weight is 347 g/mol. The second kappa shape index (κ2) is 7.62. The van der Waals surface area contributed by atoms with Crippen molar-refractivity contribution in [2.24, 2.45) is 0 Å². The Bertz CT molecular complexity index is 672. The SMILES string of the molecule is C[C@@H](O)[C@@H](O)[C@H](O)[C@H](O)C=O.O=C1NS(=O)(=O)c2ccccc21. The molecule has 1 amide bonds. The molecule has 0 fully saturated rings. The van der Waals surface area contributed by atoms with Crippen LogP contribution in [0, 0.1) is 0 Å². The highest BCUT2D eigenvalue weighted by Gasteiger charge is 2.31. The lowest BCUT2D eigenvalue weighted by Crippen LogP contribution is -2.43. The van der Waals surface area contributed by atoms with E-state index in [-0.39, 0.29) is 16.7 Å². The number of hydrogen-bond donors (Lipinski definition) is 5. The Kier molecular flexibility index (Phi) is 6.36. The van der Waals surface area contributed by atoms with Gasteiger partial charge in [-0.2, -0.15) is 0 Å². The number of rotatable bonds is 4. The molecule has 0 radical (unpaired) electrons. The highest BCUT2D eigenvalue weighted by Crippen LogP contribution is 2.20. The van der Waals surface area contributed by atoms with E-state index in [0.29, 0.717) is 0 Å². The van der Waals surface area contributed by atoms with Crippen molar-refractivity contribution >= 4 is 22.2 Å². The zero-order chi connectivity index (χ0) is 17.8. The van der Waals surface area contributed by atoms with Crippen LogP contribution in [-0.2, 0) is 14.8 Å². The van der Waals surface area contributed by atoms with E-state index in [0.717, 1.165) is 0 Å². The van der Waals surface area contributed by atoms with Crippen LogP contribution in [0.2, 0.25) is 0 Å². The van der Waals surface area contributed by atoms with E-state index in [9.17, 15) is 18.0 Å². The van der Waals surface area contributed by atoms with E-state index < -0.39 is 40.3 Å². The Balaban J connectivity index is 0.000000232. The number of benzene rings is 1. The molecule has 23 heavy (non-hydrogen) atoms. The van der Waals surface area contributed by atoms with Crippen LogP contribution in [0.25, 0.3) is 0 Å². The van der Waals surface area contributed by atoms with Crippen LogP contribution in [0.3, 0.4) is 0 Å². The van der Waals surface area contributed by atoms with Gasteiger partial charge >= 0.3 is 0 Å². The number of hydrogen-bond acceptors (Lipinski definition) is 8. The van der Waals surface area contributed by atoms with Crippen LogP contribution >= 0.6 is 0 Å². The van der Waals surface area contributed by atoms with Crippen molar-refractivity contribution < 1.29 is 38.4 Å². The summed E-state index contributed by atoms with van der Waals surface area (Å²) >= 11 is 0. The molecule has 1 heterocycles. The van der Waals surface area contributed by atoms with Crippen molar-refractivity contribution in [1.82, 2.24) is 4.72 Å². The van der Waals surface area contributed by atoms with Gasteiger partial charge in [-0.1, -0.05) is 12.1 Å². The summed E-state index contributed by atoms with van der Waals surface area (Å²) in [6.45, 7) is 1.24. The van der Waals surface area contributed by atoms with Gasteiger partial charge < -0.3 is 25.2 Å². The van der Waals surface area contributed by atoms with Crippen molar-refractivity contribution in [3.8, 4) is 0 Å². The predicted molar refractivity (Wildman–Crippen MR) is 76.9 cm³/mol. The van der Waals surface area contributed by atoms with Gasteiger partial charge in [0.2, 0.25) is 0 Å². The van der Waals surface area contributed by atoms with Gasteiger partial charge in [0.15, 0.2) is 6.29 Å². The molecule has 10 heteroatoms. The second-order valence-corrected chi connectivity index (χ2v) is 6.43. The molecule has 1 aromatic rings. The van der Waals surface area contributed by atoms with Gasteiger partial charge in [-0.25, -0.2) is 13.1 Å². The van der Waals surface area contributed by atoms with Gasteiger partial charge in [0.25, 0.3) is 15.9 Å². The number of nitrogens with one attached hydrogen (secondary N) is 1. The quantitative estimate of drug-likeness (QED) is 0.382. The summed E-state index contributed by atoms with van der Waals surface area (Å²) in [5.41, 5.74) is 0.220. The molecule has 1 aliphatic heterocycles. The molecule has 128 valence electrons. The van der Waals surface area contributed by atoms with E-state index in [1.165, 1.54) is 19.1 Å². The molecule has 0 spiro atoms. The van der Waals surface area contributed by atoms with Crippen molar-refractivity contribution in [3.63, 3.8) is 0 Å². The van der Waals surface area contributed by atoms with Gasteiger partial charge in [0, 0.05) is 0 Å². The first-order valence-corrected chi connectivity index (χ1v) is 7.94. The molecule has 0 unspecified atom stereocenters. The molecule has 1 aliphatic rings. The standard InChI is InChI=1S/C7H5NO3S.C6H12O5/c9-7-5-3-1-2-4-6(5)12(10,11)8-7;1-3(8)5(10)6(11)4(9)2-7/h1-4H,(H,8,9);2-6,8-11H,1H3/t;3-,4-,5-,6-/m.1/s1. The lowest BCUT2D eigenvalue weighted by atomic mass is 10.1. The molecule has 9 nitrogen and oxygen atoms in total. The lowest BCUT2D eigenvalue weighted by molar-refractivity contribution is -0.132. The molecule has 1 aromatic carbocycles. The Morgan fingerprint density at radius 1 is 1.09 bits per heavy atom. The van der Waals surface area contributed by atoms with Crippen molar-refractivity contribution in [2.45, 2.75) is 36.2 Å². The summed E-state index contributed by atoms with van der Waals surface area (Å²) in [6.07, 6.45) is -5.88. The fraction of sp³-hybridized carbons (Fsp3) is 0.385. The monoisotopic (exact) mass is 347 g/mol. The van der Waals surface area contributed by atoms with Crippen LogP contribution < -0.4 is 4.72 Å². The highest BCUT2D eigenvalue weighted by molar-refractivity contribution is 7.90. The summed E-state index contributed by atoms with van der Waals surface area (Å²) in [4.78, 5) is 20.9. The number of aliphatic hydroxyl groups excluding tert-OH is 4. The predicted octanol–water partition coefficient (Wildman–Crippen LogP) is -2.23. The fourth-order valence-electron chi connectivity index (χ4n) is 1.69. The van der Waals surface area contributed by atoms with Gasteiger partial charge in [0.05, 0.1) is 11.7 Å². The average Bonchev–Trinajstić information content (AvgIpc) is 2.75. The van der Waals surface area contributed by atoms with E-state index >= 15 is 0 Å². The topological polar surface area (TPSA) is 161 Å². The number of aldehydes is 1. The normalized spacial score (nSPS) is 20.1. The van der Waals surface area contributed by atoms with Crippen LogP contribution in [-0.4, -0.2) is 65.5 Å². The minimum atomic E-state index is -3.55. The smallest absolute Gasteiger partial charge is 0.266 e. The van der Waals surface area contributed by atoms with Crippen LogP contribution in [0.5, 0.6) is 0 Å². The Hall–Kier alpha value is -1.85. The highest BCUT2D eigenvalue weighted by atomic mass is 32.2. The fourth-order valence-corrected chi connectivity index (χ4v) is 2.86. The van der Waals surface area contributed by atoms with E-state index in [2.05, 4.69) is 0 Å². The zero-order valence-electron chi connectivity index (χ0n) is 12.0. The van der Waals surface area contributed by atoms with Gasteiger partial charge in [-0.15, -0.1) is 0 Å².